The number of benzene rings is 2. The highest BCUT2D eigenvalue weighted by atomic mass is 32.2. The Morgan fingerprint density at radius 2 is 1.82 bits per heavy atom. The molecule has 3 aromatic rings. The largest absolute Gasteiger partial charge is 0.351 e. The smallest absolute Gasteiger partial charge is 0.266 e. The number of sulfone groups is 1. The van der Waals surface area contributed by atoms with Crippen LogP contribution in [-0.4, -0.2) is 46.7 Å². The number of nitrogens with zero attached hydrogens (tertiary/aromatic N) is 2. The van der Waals surface area contributed by atoms with Gasteiger partial charge in [-0.2, -0.15) is 0 Å². The van der Waals surface area contributed by atoms with Crippen LogP contribution in [-0.2, 0) is 14.6 Å². The van der Waals surface area contributed by atoms with Crippen molar-refractivity contribution in [3.8, 4) is 5.69 Å². The highest BCUT2D eigenvalue weighted by Gasteiger charge is 2.30. The average molecular weight is 486 g/mol. The van der Waals surface area contributed by atoms with E-state index in [1.54, 1.807) is 23.6 Å². The Morgan fingerprint density at radius 3 is 2.52 bits per heavy atom. The monoisotopic (exact) mass is 485 g/mol. The Labute approximate surface area is 197 Å². The second-order valence-electron chi connectivity index (χ2n) is 8.63. The molecule has 0 aliphatic carbocycles. The van der Waals surface area contributed by atoms with E-state index >= 15 is 0 Å². The number of carbonyl (C=O) groups is 1. The van der Waals surface area contributed by atoms with E-state index in [2.05, 4.69) is 19.2 Å². The summed E-state index contributed by atoms with van der Waals surface area (Å²) in [4.78, 5) is 31.2. The normalized spacial score (nSPS) is 18.5. The van der Waals surface area contributed by atoms with Crippen LogP contribution in [0.2, 0.25) is 0 Å². The van der Waals surface area contributed by atoms with Crippen LogP contribution >= 0.6 is 11.8 Å². The fourth-order valence-electron chi connectivity index (χ4n) is 4.02. The molecule has 9 heteroatoms. The van der Waals surface area contributed by atoms with Gasteiger partial charge in [0.15, 0.2) is 15.0 Å². The van der Waals surface area contributed by atoms with Crippen molar-refractivity contribution in [3.63, 3.8) is 0 Å². The van der Waals surface area contributed by atoms with E-state index in [9.17, 15) is 18.0 Å². The van der Waals surface area contributed by atoms with E-state index < -0.39 is 15.1 Å². The van der Waals surface area contributed by atoms with Gasteiger partial charge in [0.2, 0.25) is 5.91 Å². The predicted octanol–water partition coefficient (Wildman–Crippen LogP) is 3.29. The zero-order valence-corrected chi connectivity index (χ0v) is 20.4. The number of carbonyl (C=O) groups excluding carboxylic acids is 1. The van der Waals surface area contributed by atoms with Crippen LogP contribution in [0.25, 0.3) is 16.6 Å². The van der Waals surface area contributed by atoms with Crippen molar-refractivity contribution in [2.24, 2.45) is 0 Å². The number of fused-ring (bicyclic) bond motifs is 1. The second kappa shape index (κ2) is 9.30. The standard InChI is InChI=1S/C24H27N3O4S2/c1-15(2)18-8-5-7-11-21(18)27-23(29)19-9-4-6-10-20(19)26-24(27)32-16(3)22(28)25-17-12-13-33(30,31)14-17/h4-11,15-17H,12-14H2,1-3H3,(H,25,28). The molecule has 2 unspecified atom stereocenters. The van der Waals surface area contributed by atoms with Crippen molar-refractivity contribution in [3.05, 3.63) is 64.4 Å². The summed E-state index contributed by atoms with van der Waals surface area (Å²) >= 11 is 1.20. The summed E-state index contributed by atoms with van der Waals surface area (Å²) in [6.07, 6.45) is 0.423. The fraction of sp³-hybridized carbons (Fsp3) is 0.375. The van der Waals surface area contributed by atoms with Crippen LogP contribution in [0.15, 0.2) is 58.5 Å². The van der Waals surface area contributed by atoms with Crippen molar-refractivity contribution in [2.75, 3.05) is 11.5 Å². The Hall–Kier alpha value is -2.65. The molecule has 1 aromatic heterocycles. The van der Waals surface area contributed by atoms with Crippen LogP contribution in [0.5, 0.6) is 0 Å². The lowest BCUT2D eigenvalue weighted by Gasteiger charge is -2.20. The second-order valence-corrected chi connectivity index (χ2v) is 12.2. The third-order valence-corrected chi connectivity index (χ3v) is 8.60. The first kappa shape index (κ1) is 23.5. The minimum atomic E-state index is -3.09. The van der Waals surface area contributed by atoms with Gasteiger partial charge in [0.25, 0.3) is 5.56 Å². The highest BCUT2D eigenvalue weighted by Crippen LogP contribution is 2.29. The average Bonchev–Trinajstić information content (AvgIpc) is 3.12. The molecule has 0 bridgehead atoms. The van der Waals surface area contributed by atoms with Crippen LogP contribution in [0, 0.1) is 0 Å². The van der Waals surface area contributed by atoms with Gasteiger partial charge >= 0.3 is 0 Å². The minimum Gasteiger partial charge on any atom is -0.351 e. The van der Waals surface area contributed by atoms with Gasteiger partial charge < -0.3 is 5.32 Å². The molecule has 1 N–H and O–H groups in total. The molecule has 4 rings (SSSR count). The van der Waals surface area contributed by atoms with E-state index in [-0.39, 0.29) is 34.9 Å². The maximum atomic E-state index is 13.6. The fourth-order valence-corrected chi connectivity index (χ4v) is 6.62. The number of rotatable bonds is 6. The molecular formula is C24H27N3O4S2. The first-order valence-electron chi connectivity index (χ1n) is 10.9. The maximum Gasteiger partial charge on any atom is 0.266 e. The first-order chi connectivity index (χ1) is 15.7. The quantitative estimate of drug-likeness (QED) is 0.425. The summed E-state index contributed by atoms with van der Waals surface area (Å²) in [6, 6.07) is 14.5. The number of hydrogen-bond donors (Lipinski definition) is 1. The number of nitrogens with one attached hydrogen (secondary N) is 1. The van der Waals surface area contributed by atoms with E-state index in [4.69, 9.17) is 4.98 Å². The summed E-state index contributed by atoms with van der Waals surface area (Å²) in [7, 11) is -3.09. The predicted molar refractivity (Wildman–Crippen MR) is 132 cm³/mol. The highest BCUT2D eigenvalue weighted by molar-refractivity contribution is 8.00. The summed E-state index contributed by atoms with van der Waals surface area (Å²) in [6.45, 7) is 5.87. The van der Waals surface area contributed by atoms with Gasteiger partial charge in [0.05, 0.1) is 33.3 Å². The molecule has 1 aliphatic rings. The van der Waals surface area contributed by atoms with Crippen molar-refractivity contribution >= 4 is 38.4 Å². The molecule has 0 spiro atoms. The zero-order chi connectivity index (χ0) is 23.8. The molecule has 2 heterocycles. The zero-order valence-electron chi connectivity index (χ0n) is 18.8. The Bertz CT molecular complexity index is 1370. The molecule has 7 nitrogen and oxygen atoms in total. The van der Waals surface area contributed by atoms with Crippen LogP contribution in [0.3, 0.4) is 0 Å². The van der Waals surface area contributed by atoms with Crippen molar-refractivity contribution < 1.29 is 13.2 Å². The molecular weight excluding hydrogens is 458 g/mol. The molecule has 1 amide bonds. The van der Waals surface area contributed by atoms with Crippen LogP contribution in [0.1, 0.15) is 38.7 Å². The van der Waals surface area contributed by atoms with Crippen molar-refractivity contribution in [1.29, 1.82) is 0 Å². The number of amides is 1. The molecule has 1 saturated heterocycles. The molecule has 174 valence electrons. The van der Waals surface area contributed by atoms with Gasteiger partial charge in [-0.1, -0.05) is 55.9 Å². The maximum absolute atomic E-state index is 13.6. The Balaban J connectivity index is 1.73. The van der Waals surface area contributed by atoms with E-state index in [1.807, 2.05) is 36.4 Å². The van der Waals surface area contributed by atoms with Gasteiger partial charge in [-0.15, -0.1) is 0 Å². The molecule has 1 fully saturated rings. The van der Waals surface area contributed by atoms with E-state index in [0.29, 0.717) is 22.5 Å². The van der Waals surface area contributed by atoms with E-state index in [0.717, 1.165) is 11.3 Å². The van der Waals surface area contributed by atoms with Crippen molar-refractivity contribution in [1.82, 2.24) is 14.9 Å². The van der Waals surface area contributed by atoms with Gasteiger partial charge in [-0.3, -0.25) is 14.2 Å². The number of aromatic nitrogens is 2. The first-order valence-corrected chi connectivity index (χ1v) is 13.6. The SMILES string of the molecule is CC(Sc1nc2ccccc2c(=O)n1-c1ccccc1C(C)C)C(=O)NC1CCS(=O)(=O)C1. The lowest BCUT2D eigenvalue weighted by Crippen LogP contribution is -2.40. The minimum absolute atomic E-state index is 0.0309. The number of thioether (sulfide) groups is 1. The molecule has 0 radical (unpaired) electrons. The van der Waals surface area contributed by atoms with Gasteiger partial charge in [0.1, 0.15) is 0 Å². The summed E-state index contributed by atoms with van der Waals surface area (Å²) in [5, 5.41) is 3.20. The molecule has 33 heavy (non-hydrogen) atoms. The number of hydrogen-bond acceptors (Lipinski definition) is 6. The lowest BCUT2D eigenvalue weighted by molar-refractivity contribution is -0.120. The molecule has 2 aromatic carbocycles. The molecule has 0 saturated carbocycles. The Kier molecular flexibility index (Phi) is 6.63. The topological polar surface area (TPSA) is 98.1 Å². The summed E-state index contributed by atoms with van der Waals surface area (Å²) < 4.78 is 25.0. The third-order valence-electron chi connectivity index (χ3n) is 5.77. The molecule has 1 aliphatic heterocycles. The third kappa shape index (κ3) is 4.99. The van der Waals surface area contributed by atoms with Gasteiger partial charge in [-0.25, -0.2) is 13.4 Å². The number of para-hydroxylation sites is 2. The van der Waals surface area contributed by atoms with Crippen molar-refractivity contribution in [2.45, 2.75) is 49.6 Å². The lowest BCUT2D eigenvalue weighted by atomic mass is 10.0. The summed E-state index contributed by atoms with van der Waals surface area (Å²) in [5.74, 6) is -0.0238. The van der Waals surface area contributed by atoms with Crippen LogP contribution in [0.4, 0.5) is 0 Å². The Morgan fingerprint density at radius 1 is 1.12 bits per heavy atom. The summed E-state index contributed by atoms with van der Waals surface area (Å²) in [5.41, 5.74) is 2.13. The van der Waals surface area contributed by atoms with Crippen LogP contribution < -0.4 is 10.9 Å². The van der Waals surface area contributed by atoms with Gasteiger partial charge in [-0.05, 0) is 43.0 Å². The molecule has 2 atom stereocenters. The van der Waals surface area contributed by atoms with Gasteiger partial charge in [0, 0.05) is 6.04 Å². The van der Waals surface area contributed by atoms with E-state index in [1.165, 1.54) is 11.8 Å².